The minimum Gasteiger partial charge on any atom is -0.466 e. The fourth-order valence-electron chi connectivity index (χ4n) is 0.304. The van der Waals surface area contributed by atoms with Gasteiger partial charge in [0.05, 0.1) is 6.61 Å². The predicted molar refractivity (Wildman–Crippen MR) is 44.7 cm³/mol. The molecule has 2 nitrogen and oxygen atoms in total. The average Bonchev–Trinajstić information content (AvgIpc) is 1.83. The molecule has 0 bridgehead atoms. The van der Waals surface area contributed by atoms with Crippen molar-refractivity contribution in [2.24, 2.45) is 5.92 Å². The van der Waals surface area contributed by atoms with E-state index in [9.17, 15) is 4.79 Å². The second-order valence-corrected chi connectivity index (χ2v) is 2.94. The average molecular weight is 242 g/mol. The summed E-state index contributed by atoms with van der Waals surface area (Å²) in [5.41, 5.74) is 0. The van der Waals surface area contributed by atoms with Crippen molar-refractivity contribution in [2.75, 3.05) is 11.0 Å². The molecule has 0 saturated heterocycles. The van der Waals surface area contributed by atoms with Crippen LogP contribution in [-0.4, -0.2) is 17.0 Å². The van der Waals surface area contributed by atoms with Crippen LogP contribution in [-0.2, 0) is 9.53 Å². The number of hydrogen-bond donors (Lipinski definition) is 0. The van der Waals surface area contributed by atoms with Gasteiger partial charge in [0.1, 0.15) is 0 Å². The monoisotopic (exact) mass is 242 g/mol. The van der Waals surface area contributed by atoms with Crippen LogP contribution in [0.3, 0.4) is 0 Å². The first kappa shape index (κ1) is 9.20. The maximum absolute atomic E-state index is 10.2. The Morgan fingerprint density at radius 3 is 2.67 bits per heavy atom. The molecule has 0 aromatic heterocycles. The van der Waals surface area contributed by atoms with Gasteiger partial charge >= 0.3 is 5.97 Å². The molecule has 0 aromatic rings. The van der Waals surface area contributed by atoms with Gasteiger partial charge < -0.3 is 4.74 Å². The van der Waals surface area contributed by atoms with E-state index in [1.165, 1.54) is 6.92 Å². The lowest BCUT2D eigenvalue weighted by Gasteiger charge is -2.05. The fraction of sp³-hybridized carbons (Fsp3) is 0.833. The molecule has 3 heteroatoms. The molecular weight excluding hydrogens is 231 g/mol. The highest BCUT2D eigenvalue weighted by molar-refractivity contribution is 14.1. The summed E-state index contributed by atoms with van der Waals surface area (Å²) in [6.45, 7) is 4.04. The fourth-order valence-corrected chi connectivity index (χ4v) is 0.558. The number of hydrogen-bond acceptors (Lipinski definition) is 2. The number of alkyl halides is 1. The zero-order valence-corrected chi connectivity index (χ0v) is 7.84. The highest BCUT2D eigenvalue weighted by Gasteiger charge is 2.00. The Morgan fingerprint density at radius 2 is 2.33 bits per heavy atom. The van der Waals surface area contributed by atoms with Crippen molar-refractivity contribution < 1.29 is 9.53 Å². The van der Waals surface area contributed by atoms with E-state index in [4.69, 9.17) is 4.74 Å². The molecule has 0 fully saturated rings. The van der Waals surface area contributed by atoms with Crippen LogP contribution in [0.5, 0.6) is 0 Å². The van der Waals surface area contributed by atoms with Crippen molar-refractivity contribution in [1.82, 2.24) is 0 Å². The van der Waals surface area contributed by atoms with Crippen molar-refractivity contribution in [3.8, 4) is 0 Å². The second kappa shape index (κ2) is 5.02. The summed E-state index contributed by atoms with van der Waals surface area (Å²) in [5.74, 6) is 0.293. The van der Waals surface area contributed by atoms with Crippen LogP contribution in [0.1, 0.15) is 13.8 Å². The van der Waals surface area contributed by atoms with Gasteiger partial charge in [0.25, 0.3) is 0 Å². The number of carbonyl (C=O) groups is 1. The van der Waals surface area contributed by atoms with E-state index in [-0.39, 0.29) is 5.97 Å². The first-order chi connectivity index (χ1) is 4.16. The van der Waals surface area contributed by atoms with Gasteiger partial charge in [0.15, 0.2) is 0 Å². The molecule has 0 aliphatic rings. The van der Waals surface area contributed by atoms with Crippen LogP contribution >= 0.6 is 22.6 Å². The minimum atomic E-state index is -0.188. The van der Waals surface area contributed by atoms with Crippen LogP contribution in [0.4, 0.5) is 0 Å². The summed E-state index contributed by atoms with van der Waals surface area (Å²) in [5, 5.41) is 0. The molecule has 54 valence electrons. The van der Waals surface area contributed by atoms with Crippen LogP contribution in [0, 0.1) is 5.92 Å². The van der Waals surface area contributed by atoms with E-state index in [1.807, 2.05) is 0 Å². The quantitative estimate of drug-likeness (QED) is 0.427. The minimum absolute atomic E-state index is 0.188. The third kappa shape index (κ3) is 6.08. The summed E-state index contributed by atoms with van der Waals surface area (Å²) >= 11 is 2.27. The molecule has 0 saturated carbocycles. The van der Waals surface area contributed by atoms with E-state index in [0.29, 0.717) is 12.5 Å². The number of carbonyl (C=O) groups excluding carboxylic acids is 1. The first-order valence-corrected chi connectivity index (χ1v) is 4.38. The van der Waals surface area contributed by atoms with E-state index < -0.39 is 0 Å². The highest BCUT2D eigenvalue weighted by Crippen LogP contribution is 2.00. The maximum atomic E-state index is 10.2. The normalized spacial score (nSPS) is 12.8. The summed E-state index contributed by atoms with van der Waals surface area (Å²) in [4.78, 5) is 10.2. The van der Waals surface area contributed by atoms with Crippen LogP contribution < -0.4 is 0 Å². The number of halogens is 1. The van der Waals surface area contributed by atoms with Gasteiger partial charge in [-0.15, -0.1) is 0 Å². The molecule has 9 heavy (non-hydrogen) atoms. The van der Waals surface area contributed by atoms with Crippen molar-refractivity contribution in [3.63, 3.8) is 0 Å². The molecule has 0 N–H and O–H groups in total. The lowest BCUT2D eigenvalue weighted by Crippen LogP contribution is -2.09. The molecule has 0 amide bonds. The van der Waals surface area contributed by atoms with Crippen molar-refractivity contribution in [1.29, 1.82) is 0 Å². The van der Waals surface area contributed by atoms with Crippen LogP contribution in [0.15, 0.2) is 0 Å². The van der Waals surface area contributed by atoms with Crippen molar-refractivity contribution >= 4 is 28.6 Å². The third-order valence-electron chi connectivity index (χ3n) is 0.835. The Hall–Kier alpha value is 0.200. The Balaban J connectivity index is 3.16. The van der Waals surface area contributed by atoms with Crippen molar-refractivity contribution in [3.05, 3.63) is 0 Å². The molecular formula is C6H11IO2. The molecule has 1 atom stereocenters. The summed E-state index contributed by atoms with van der Waals surface area (Å²) in [7, 11) is 0. The zero-order valence-electron chi connectivity index (χ0n) is 5.69. The summed E-state index contributed by atoms with van der Waals surface area (Å²) in [6.07, 6.45) is 0. The second-order valence-electron chi connectivity index (χ2n) is 2.06. The number of esters is 1. The third-order valence-corrected chi connectivity index (χ3v) is 2.34. The standard InChI is InChI=1S/C6H11IO2/c1-5(3-7)4-9-6(2)8/h5H,3-4H2,1-2H3/t5-/m1/s1. The molecule has 0 unspecified atom stereocenters. The smallest absolute Gasteiger partial charge is 0.302 e. The van der Waals surface area contributed by atoms with Gasteiger partial charge in [-0.3, -0.25) is 4.79 Å². The van der Waals surface area contributed by atoms with E-state index in [0.717, 1.165) is 4.43 Å². The van der Waals surface area contributed by atoms with E-state index in [1.54, 1.807) is 0 Å². The summed E-state index contributed by atoms with van der Waals surface area (Å²) in [6, 6.07) is 0. The highest BCUT2D eigenvalue weighted by atomic mass is 127. The van der Waals surface area contributed by atoms with Gasteiger partial charge in [-0.25, -0.2) is 0 Å². The summed E-state index contributed by atoms with van der Waals surface area (Å²) < 4.78 is 5.78. The molecule has 0 aliphatic heterocycles. The van der Waals surface area contributed by atoms with Crippen LogP contribution in [0.25, 0.3) is 0 Å². The number of rotatable bonds is 3. The number of ether oxygens (including phenoxy) is 1. The largest absolute Gasteiger partial charge is 0.466 e. The van der Waals surface area contributed by atoms with E-state index in [2.05, 4.69) is 29.5 Å². The topological polar surface area (TPSA) is 26.3 Å². The molecule has 0 aliphatic carbocycles. The van der Waals surface area contributed by atoms with Crippen LogP contribution in [0.2, 0.25) is 0 Å². The maximum Gasteiger partial charge on any atom is 0.302 e. The van der Waals surface area contributed by atoms with Gasteiger partial charge in [-0.2, -0.15) is 0 Å². The van der Waals surface area contributed by atoms with Gasteiger partial charge in [-0.05, 0) is 5.92 Å². The Morgan fingerprint density at radius 1 is 1.78 bits per heavy atom. The molecule has 0 radical (unpaired) electrons. The lowest BCUT2D eigenvalue weighted by atomic mass is 10.2. The zero-order chi connectivity index (χ0) is 7.28. The predicted octanol–water partition coefficient (Wildman–Crippen LogP) is 1.62. The van der Waals surface area contributed by atoms with Gasteiger partial charge in [-0.1, -0.05) is 29.5 Å². The molecule has 0 aromatic carbocycles. The Kier molecular flexibility index (Phi) is 5.13. The Bertz CT molecular complexity index is 93.1. The van der Waals surface area contributed by atoms with Gasteiger partial charge in [0, 0.05) is 11.4 Å². The molecule has 0 rings (SSSR count). The van der Waals surface area contributed by atoms with Gasteiger partial charge in [0.2, 0.25) is 0 Å². The van der Waals surface area contributed by atoms with E-state index >= 15 is 0 Å². The van der Waals surface area contributed by atoms with Crippen molar-refractivity contribution in [2.45, 2.75) is 13.8 Å². The molecule has 0 heterocycles. The Labute approximate surface area is 69.1 Å². The molecule has 0 spiro atoms. The SMILES string of the molecule is CC(=O)OC[C@H](C)CI. The lowest BCUT2D eigenvalue weighted by molar-refractivity contribution is -0.141. The first-order valence-electron chi connectivity index (χ1n) is 2.86.